The summed E-state index contributed by atoms with van der Waals surface area (Å²) in [7, 11) is 0. The molecule has 0 amide bonds. The Morgan fingerprint density at radius 2 is 2.50 bits per heavy atom. The number of aromatic nitrogens is 2. The van der Waals surface area contributed by atoms with Crippen molar-refractivity contribution in [1.82, 2.24) is 10.1 Å². The van der Waals surface area contributed by atoms with Gasteiger partial charge in [0.2, 0.25) is 5.89 Å². The van der Waals surface area contributed by atoms with Crippen molar-refractivity contribution in [2.75, 3.05) is 5.75 Å². The van der Waals surface area contributed by atoms with Gasteiger partial charge in [0.1, 0.15) is 5.78 Å². The lowest BCUT2D eigenvalue weighted by molar-refractivity contribution is -0.118. The Labute approximate surface area is 99.2 Å². The maximum atomic E-state index is 11.4. The Hall–Kier alpha value is -0.840. The molecular formula is C11H16N2O2S. The highest BCUT2D eigenvalue weighted by Gasteiger charge is 2.23. The van der Waals surface area contributed by atoms with Crippen LogP contribution in [0, 0.1) is 0 Å². The lowest BCUT2D eigenvalue weighted by Gasteiger charge is -1.98. The second-order valence-corrected chi connectivity index (χ2v) is 5.32. The number of carbonyl (C=O) groups is 1. The summed E-state index contributed by atoms with van der Waals surface area (Å²) >= 11 is 1.87. The number of carbonyl (C=O) groups excluding carboxylic acids is 1. The van der Waals surface area contributed by atoms with Crippen LogP contribution in [0.1, 0.15) is 49.6 Å². The third-order valence-corrected chi connectivity index (χ3v) is 3.95. The van der Waals surface area contributed by atoms with Gasteiger partial charge in [-0.3, -0.25) is 4.79 Å². The molecule has 0 bridgehead atoms. The summed E-state index contributed by atoms with van der Waals surface area (Å²) in [4.78, 5) is 15.7. The van der Waals surface area contributed by atoms with Crippen LogP contribution in [-0.4, -0.2) is 21.7 Å². The minimum atomic E-state index is 0.178. The number of hydrogen-bond acceptors (Lipinski definition) is 5. The number of nitrogens with zero attached hydrogens (tertiary/aromatic N) is 2. The van der Waals surface area contributed by atoms with Crippen LogP contribution in [0.2, 0.25) is 0 Å². The zero-order chi connectivity index (χ0) is 11.4. The molecule has 88 valence electrons. The molecule has 1 aromatic rings. The van der Waals surface area contributed by atoms with E-state index in [1.54, 1.807) is 0 Å². The smallest absolute Gasteiger partial charge is 0.234 e. The van der Waals surface area contributed by atoms with E-state index in [2.05, 4.69) is 10.1 Å². The van der Waals surface area contributed by atoms with Gasteiger partial charge in [-0.25, -0.2) is 0 Å². The maximum absolute atomic E-state index is 11.4. The highest BCUT2D eigenvalue weighted by Crippen LogP contribution is 2.38. The summed E-state index contributed by atoms with van der Waals surface area (Å²) in [5.74, 6) is 2.59. The molecule has 1 fully saturated rings. The standard InChI is InChI=1S/C11H16N2O2S/c1-2-4-8(14)7-10-12-11(13-15-10)9-5-3-6-16-9/h9H,2-7H2,1H3. The second kappa shape index (κ2) is 5.48. The summed E-state index contributed by atoms with van der Waals surface area (Å²) < 4.78 is 5.10. The fourth-order valence-electron chi connectivity index (χ4n) is 1.79. The van der Waals surface area contributed by atoms with E-state index in [4.69, 9.17) is 4.52 Å². The van der Waals surface area contributed by atoms with Crippen LogP contribution < -0.4 is 0 Å². The molecule has 0 saturated carbocycles. The van der Waals surface area contributed by atoms with Gasteiger partial charge in [-0.15, -0.1) is 0 Å². The topological polar surface area (TPSA) is 56.0 Å². The second-order valence-electron chi connectivity index (χ2n) is 4.01. The summed E-state index contributed by atoms with van der Waals surface area (Å²) in [6, 6.07) is 0. The predicted molar refractivity (Wildman–Crippen MR) is 62.4 cm³/mol. The van der Waals surface area contributed by atoms with E-state index < -0.39 is 0 Å². The van der Waals surface area contributed by atoms with Crippen LogP contribution in [0.4, 0.5) is 0 Å². The van der Waals surface area contributed by atoms with E-state index in [-0.39, 0.29) is 12.2 Å². The first-order chi connectivity index (χ1) is 7.79. The van der Waals surface area contributed by atoms with E-state index in [0.29, 0.717) is 17.6 Å². The Morgan fingerprint density at radius 3 is 3.19 bits per heavy atom. The zero-order valence-electron chi connectivity index (χ0n) is 9.44. The number of thioether (sulfide) groups is 1. The molecule has 2 heterocycles. The normalized spacial score (nSPS) is 20.2. The molecule has 1 aliphatic heterocycles. The molecule has 1 aliphatic rings. The summed E-state index contributed by atoms with van der Waals surface area (Å²) in [6.07, 6.45) is 4.09. The van der Waals surface area contributed by atoms with Crippen LogP contribution in [-0.2, 0) is 11.2 Å². The van der Waals surface area contributed by atoms with Gasteiger partial charge in [0.25, 0.3) is 0 Å². The monoisotopic (exact) mass is 240 g/mol. The minimum Gasteiger partial charge on any atom is -0.339 e. The van der Waals surface area contributed by atoms with Crippen molar-refractivity contribution in [3.8, 4) is 0 Å². The van der Waals surface area contributed by atoms with E-state index in [9.17, 15) is 4.79 Å². The first-order valence-electron chi connectivity index (χ1n) is 5.75. The van der Waals surface area contributed by atoms with Crippen molar-refractivity contribution in [2.24, 2.45) is 0 Å². The van der Waals surface area contributed by atoms with Crippen LogP contribution >= 0.6 is 11.8 Å². The van der Waals surface area contributed by atoms with Crippen molar-refractivity contribution in [1.29, 1.82) is 0 Å². The summed E-state index contributed by atoms with van der Waals surface area (Å²) in [6.45, 7) is 1.99. The molecule has 2 rings (SSSR count). The minimum absolute atomic E-state index is 0.178. The SMILES string of the molecule is CCCC(=O)Cc1nc(C2CCCS2)no1. The first kappa shape index (κ1) is 11.6. The van der Waals surface area contributed by atoms with Crippen LogP contribution in [0.15, 0.2) is 4.52 Å². The van der Waals surface area contributed by atoms with E-state index in [1.807, 2.05) is 18.7 Å². The molecule has 0 N–H and O–H groups in total. The molecule has 16 heavy (non-hydrogen) atoms. The molecule has 1 atom stereocenters. The average Bonchev–Trinajstić information content (AvgIpc) is 2.86. The fraction of sp³-hybridized carbons (Fsp3) is 0.727. The van der Waals surface area contributed by atoms with E-state index >= 15 is 0 Å². The highest BCUT2D eigenvalue weighted by molar-refractivity contribution is 7.99. The van der Waals surface area contributed by atoms with E-state index in [0.717, 1.165) is 18.7 Å². The van der Waals surface area contributed by atoms with Crippen LogP contribution in [0.25, 0.3) is 0 Å². The van der Waals surface area contributed by atoms with Gasteiger partial charge in [0, 0.05) is 6.42 Å². The van der Waals surface area contributed by atoms with Gasteiger partial charge in [0.15, 0.2) is 5.82 Å². The predicted octanol–water partition coefficient (Wildman–Crippen LogP) is 2.55. The third-order valence-electron chi connectivity index (χ3n) is 2.58. The lowest BCUT2D eigenvalue weighted by Crippen LogP contribution is -2.02. The van der Waals surface area contributed by atoms with Gasteiger partial charge in [-0.2, -0.15) is 16.7 Å². The van der Waals surface area contributed by atoms with Crippen molar-refractivity contribution in [2.45, 2.75) is 44.3 Å². The summed E-state index contributed by atoms with van der Waals surface area (Å²) in [5.41, 5.74) is 0. The van der Waals surface area contributed by atoms with Gasteiger partial charge < -0.3 is 4.52 Å². The van der Waals surface area contributed by atoms with Gasteiger partial charge in [-0.1, -0.05) is 12.1 Å². The Morgan fingerprint density at radius 1 is 1.62 bits per heavy atom. The molecule has 0 radical (unpaired) electrons. The van der Waals surface area contributed by atoms with Gasteiger partial charge >= 0.3 is 0 Å². The van der Waals surface area contributed by atoms with Crippen molar-refractivity contribution < 1.29 is 9.32 Å². The molecular weight excluding hydrogens is 224 g/mol. The quantitative estimate of drug-likeness (QED) is 0.791. The Kier molecular flexibility index (Phi) is 3.98. The molecule has 0 spiro atoms. The largest absolute Gasteiger partial charge is 0.339 e. The number of hydrogen-bond donors (Lipinski definition) is 0. The third kappa shape index (κ3) is 2.84. The summed E-state index contributed by atoms with van der Waals surface area (Å²) in [5, 5.41) is 4.33. The van der Waals surface area contributed by atoms with Crippen molar-refractivity contribution >= 4 is 17.5 Å². The zero-order valence-corrected chi connectivity index (χ0v) is 10.3. The number of ketones is 1. The molecule has 4 nitrogen and oxygen atoms in total. The molecule has 1 unspecified atom stereocenters. The molecule has 5 heteroatoms. The number of Topliss-reactive ketones (excluding diaryl/α,β-unsaturated/α-hetero) is 1. The molecule has 0 aromatic carbocycles. The fourth-order valence-corrected chi connectivity index (χ4v) is 2.98. The number of rotatable bonds is 5. The van der Waals surface area contributed by atoms with Crippen LogP contribution in [0.3, 0.4) is 0 Å². The van der Waals surface area contributed by atoms with E-state index in [1.165, 1.54) is 12.2 Å². The maximum Gasteiger partial charge on any atom is 0.234 e. The highest BCUT2D eigenvalue weighted by atomic mass is 32.2. The Balaban J connectivity index is 1.93. The van der Waals surface area contributed by atoms with Crippen LogP contribution in [0.5, 0.6) is 0 Å². The van der Waals surface area contributed by atoms with Crippen molar-refractivity contribution in [3.63, 3.8) is 0 Å². The first-order valence-corrected chi connectivity index (χ1v) is 6.80. The van der Waals surface area contributed by atoms with Gasteiger partial charge in [0.05, 0.1) is 11.7 Å². The molecule has 1 aromatic heterocycles. The molecule has 0 aliphatic carbocycles. The lowest BCUT2D eigenvalue weighted by atomic mass is 10.2. The molecule has 1 saturated heterocycles. The van der Waals surface area contributed by atoms with Gasteiger partial charge in [-0.05, 0) is 25.0 Å². The van der Waals surface area contributed by atoms with Crippen molar-refractivity contribution in [3.05, 3.63) is 11.7 Å². The Bertz CT molecular complexity index is 359. The average molecular weight is 240 g/mol.